The highest BCUT2D eigenvalue weighted by molar-refractivity contribution is 5.88. The van der Waals surface area contributed by atoms with E-state index >= 15 is 0 Å². The number of benzene rings is 1. The fourth-order valence-corrected chi connectivity index (χ4v) is 4.11. The van der Waals surface area contributed by atoms with Crippen LogP contribution in [0.4, 0.5) is 4.79 Å². The molecule has 0 saturated heterocycles. The van der Waals surface area contributed by atoms with Crippen LogP contribution in [0.15, 0.2) is 30.5 Å². The van der Waals surface area contributed by atoms with Gasteiger partial charge < -0.3 is 25.0 Å². The van der Waals surface area contributed by atoms with Crippen LogP contribution in [0.3, 0.4) is 0 Å². The number of rotatable bonds is 10. The number of unbranched alkanes of at least 4 members (excludes halogenated alkanes) is 2. The van der Waals surface area contributed by atoms with Crippen molar-refractivity contribution in [2.24, 2.45) is 0 Å². The third-order valence-corrected chi connectivity index (χ3v) is 5.85. The molecule has 35 heavy (non-hydrogen) atoms. The molecule has 9 heteroatoms. The summed E-state index contributed by atoms with van der Waals surface area (Å²) in [6.07, 6.45) is 6.43. The fraction of sp³-hybridized carbons (Fsp3) is 0.538. The van der Waals surface area contributed by atoms with Crippen molar-refractivity contribution in [2.75, 3.05) is 13.1 Å². The zero-order chi connectivity index (χ0) is 25.4. The first-order chi connectivity index (χ1) is 16.6. The summed E-state index contributed by atoms with van der Waals surface area (Å²) in [4.78, 5) is 39.8. The Hall–Kier alpha value is -3.36. The lowest BCUT2D eigenvalue weighted by Gasteiger charge is -2.23. The zero-order valence-corrected chi connectivity index (χ0v) is 20.8. The molecule has 0 spiro atoms. The van der Waals surface area contributed by atoms with E-state index in [2.05, 4.69) is 15.2 Å². The number of amides is 2. The zero-order valence-electron chi connectivity index (χ0n) is 20.8. The molecule has 3 rings (SSSR count). The lowest BCUT2D eigenvalue weighted by atomic mass is 9.99. The molecule has 1 aliphatic heterocycles. The Bertz CT molecular complexity index is 1020. The maximum absolute atomic E-state index is 12.3. The number of carboxylic acids is 1. The average Bonchev–Trinajstić information content (AvgIpc) is 3.24. The standard InChI is InChI=1S/C26H36N4O5/c1-26(2,3)35-25(34)27-14-6-4-5-9-22(31)28-16-20-8-7-15-30-17-21(29-23(20)30)18-10-12-19(13-11-18)24(32)33/h10-13,17,20H,4-9,14-16H2,1-3H3,(H,27,34)(H,28,31)(H,32,33). The van der Waals surface area contributed by atoms with Crippen molar-refractivity contribution < 1.29 is 24.2 Å². The van der Waals surface area contributed by atoms with Crippen LogP contribution in [0.1, 0.15) is 81.4 Å². The summed E-state index contributed by atoms with van der Waals surface area (Å²) in [5, 5.41) is 14.9. The third kappa shape index (κ3) is 8.12. The highest BCUT2D eigenvalue weighted by Gasteiger charge is 2.24. The number of aromatic carboxylic acids is 1. The second kappa shape index (κ2) is 11.9. The van der Waals surface area contributed by atoms with Crippen LogP contribution in [-0.2, 0) is 16.1 Å². The van der Waals surface area contributed by atoms with Crippen LogP contribution in [0, 0.1) is 0 Å². The van der Waals surface area contributed by atoms with Gasteiger partial charge in [0, 0.05) is 43.7 Å². The van der Waals surface area contributed by atoms with Crippen LogP contribution in [0.2, 0.25) is 0 Å². The quantitative estimate of drug-likeness (QED) is 0.432. The van der Waals surface area contributed by atoms with Crippen LogP contribution < -0.4 is 10.6 Å². The number of ether oxygens (including phenoxy) is 1. The van der Waals surface area contributed by atoms with Gasteiger partial charge in [-0.25, -0.2) is 14.6 Å². The number of hydrogen-bond acceptors (Lipinski definition) is 5. The summed E-state index contributed by atoms with van der Waals surface area (Å²) >= 11 is 0. The monoisotopic (exact) mass is 484 g/mol. The molecule has 0 aliphatic carbocycles. The number of aromatic nitrogens is 2. The molecular weight excluding hydrogens is 448 g/mol. The average molecular weight is 485 g/mol. The van der Waals surface area contributed by atoms with E-state index in [1.54, 1.807) is 24.3 Å². The van der Waals surface area contributed by atoms with Gasteiger partial charge in [-0.05, 0) is 58.6 Å². The summed E-state index contributed by atoms with van der Waals surface area (Å²) in [5.74, 6) is 0.187. The lowest BCUT2D eigenvalue weighted by molar-refractivity contribution is -0.121. The van der Waals surface area contributed by atoms with Gasteiger partial charge in [-0.3, -0.25) is 4.79 Å². The lowest BCUT2D eigenvalue weighted by Crippen LogP contribution is -2.33. The molecule has 9 nitrogen and oxygen atoms in total. The van der Waals surface area contributed by atoms with Crippen molar-refractivity contribution in [3.8, 4) is 11.3 Å². The summed E-state index contributed by atoms with van der Waals surface area (Å²) in [6, 6.07) is 6.72. The topological polar surface area (TPSA) is 123 Å². The van der Waals surface area contributed by atoms with Crippen LogP contribution in [0.25, 0.3) is 11.3 Å². The number of carboxylic acid groups (broad SMARTS) is 1. The van der Waals surface area contributed by atoms with E-state index in [0.717, 1.165) is 55.7 Å². The molecule has 1 atom stereocenters. The fourth-order valence-electron chi connectivity index (χ4n) is 4.11. The molecule has 0 saturated carbocycles. The molecule has 2 aromatic rings. The smallest absolute Gasteiger partial charge is 0.407 e. The summed E-state index contributed by atoms with van der Waals surface area (Å²) in [6.45, 7) is 7.44. The van der Waals surface area contributed by atoms with E-state index in [1.807, 2.05) is 27.0 Å². The minimum Gasteiger partial charge on any atom is -0.478 e. The van der Waals surface area contributed by atoms with Crippen molar-refractivity contribution >= 4 is 18.0 Å². The van der Waals surface area contributed by atoms with Gasteiger partial charge in [-0.2, -0.15) is 0 Å². The maximum Gasteiger partial charge on any atom is 0.407 e. The molecule has 190 valence electrons. The number of fused-ring (bicyclic) bond motifs is 1. The summed E-state index contributed by atoms with van der Waals surface area (Å²) in [5.41, 5.74) is 1.43. The molecule has 0 bridgehead atoms. The van der Waals surface area contributed by atoms with E-state index in [0.29, 0.717) is 19.5 Å². The van der Waals surface area contributed by atoms with Crippen molar-refractivity contribution in [2.45, 2.75) is 77.4 Å². The predicted octanol–water partition coefficient (Wildman–Crippen LogP) is 4.33. The van der Waals surface area contributed by atoms with Gasteiger partial charge >= 0.3 is 12.1 Å². The van der Waals surface area contributed by atoms with Crippen molar-refractivity contribution in [3.63, 3.8) is 0 Å². The van der Waals surface area contributed by atoms with E-state index in [1.165, 1.54) is 0 Å². The largest absolute Gasteiger partial charge is 0.478 e. The number of nitrogens with one attached hydrogen (secondary N) is 2. The molecule has 0 radical (unpaired) electrons. The molecule has 3 N–H and O–H groups in total. The van der Waals surface area contributed by atoms with Crippen LogP contribution >= 0.6 is 0 Å². The van der Waals surface area contributed by atoms with Gasteiger partial charge in [0.15, 0.2) is 0 Å². The molecule has 2 amide bonds. The van der Waals surface area contributed by atoms with E-state index in [-0.39, 0.29) is 17.4 Å². The van der Waals surface area contributed by atoms with E-state index in [9.17, 15) is 14.4 Å². The molecular formula is C26H36N4O5. The Morgan fingerprint density at radius 2 is 1.86 bits per heavy atom. The minimum atomic E-state index is -0.950. The van der Waals surface area contributed by atoms with Crippen LogP contribution in [-0.4, -0.2) is 51.3 Å². The SMILES string of the molecule is CC(C)(C)OC(=O)NCCCCCC(=O)NCC1CCCn2cc(-c3ccc(C(=O)O)cc3)nc21. The number of carbonyl (C=O) groups excluding carboxylic acids is 2. The van der Waals surface area contributed by atoms with Gasteiger partial charge in [-0.15, -0.1) is 0 Å². The first-order valence-corrected chi connectivity index (χ1v) is 12.3. The van der Waals surface area contributed by atoms with Crippen LogP contribution in [0.5, 0.6) is 0 Å². The Kier molecular flexibility index (Phi) is 8.89. The first-order valence-electron chi connectivity index (χ1n) is 12.3. The van der Waals surface area contributed by atoms with Gasteiger partial charge in [0.05, 0.1) is 11.3 Å². The predicted molar refractivity (Wildman–Crippen MR) is 132 cm³/mol. The number of aryl methyl sites for hydroxylation is 1. The Labute approximate surface area is 206 Å². The van der Waals surface area contributed by atoms with Gasteiger partial charge in [0.25, 0.3) is 0 Å². The second-order valence-corrected chi connectivity index (χ2v) is 9.94. The van der Waals surface area contributed by atoms with E-state index in [4.69, 9.17) is 14.8 Å². The van der Waals surface area contributed by atoms with E-state index < -0.39 is 17.7 Å². The molecule has 2 heterocycles. The number of nitrogens with zero attached hydrogens (tertiary/aromatic N) is 2. The highest BCUT2D eigenvalue weighted by Crippen LogP contribution is 2.29. The van der Waals surface area contributed by atoms with Crippen molar-refractivity contribution in [1.29, 1.82) is 0 Å². The number of imidazole rings is 1. The third-order valence-electron chi connectivity index (χ3n) is 5.85. The number of carbonyl (C=O) groups is 3. The first kappa shape index (κ1) is 26.2. The molecule has 0 fully saturated rings. The second-order valence-electron chi connectivity index (χ2n) is 9.94. The molecule has 1 aromatic carbocycles. The summed E-state index contributed by atoms with van der Waals surface area (Å²) in [7, 11) is 0. The minimum absolute atomic E-state index is 0.0262. The molecule has 1 aromatic heterocycles. The highest BCUT2D eigenvalue weighted by atomic mass is 16.6. The Morgan fingerprint density at radius 3 is 2.54 bits per heavy atom. The van der Waals surface area contributed by atoms with Crippen molar-refractivity contribution in [1.82, 2.24) is 20.2 Å². The van der Waals surface area contributed by atoms with Gasteiger partial charge in [0.1, 0.15) is 11.4 Å². The number of hydrogen-bond donors (Lipinski definition) is 3. The molecule has 1 unspecified atom stereocenters. The summed E-state index contributed by atoms with van der Waals surface area (Å²) < 4.78 is 7.33. The van der Waals surface area contributed by atoms with Crippen molar-refractivity contribution in [3.05, 3.63) is 41.9 Å². The van der Waals surface area contributed by atoms with Gasteiger partial charge in [-0.1, -0.05) is 18.6 Å². The number of alkyl carbamates (subject to hydrolysis) is 1. The maximum atomic E-state index is 12.3. The Balaban J connectivity index is 1.40. The normalized spacial score (nSPS) is 15.2. The van der Waals surface area contributed by atoms with Gasteiger partial charge in [0.2, 0.25) is 5.91 Å². The Morgan fingerprint density at radius 1 is 1.11 bits per heavy atom. The molecule has 1 aliphatic rings.